The lowest BCUT2D eigenvalue weighted by atomic mass is 10.1. The van der Waals surface area contributed by atoms with Gasteiger partial charge in [0.15, 0.2) is 0 Å². The van der Waals surface area contributed by atoms with E-state index < -0.39 is 18.1 Å². The highest BCUT2D eigenvalue weighted by molar-refractivity contribution is 7.92. The fourth-order valence-electron chi connectivity index (χ4n) is 1.97. The van der Waals surface area contributed by atoms with Crippen LogP contribution in [0, 0.1) is 0 Å². The van der Waals surface area contributed by atoms with E-state index in [1.54, 1.807) is 0 Å². The lowest BCUT2D eigenvalue weighted by Gasteiger charge is -2.16. The number of sulfonamides is 1. The summed E-state index contributed by atoms with van der Waals surface area (Å²) >= 11 is 0. The van der Waals surface area contributed by atoms with Gasteiger partial charge in [-0.2, -0.15) is 0 Å². The molecule has 108 valence electrons. The molecule has 0 aromatic heterocycles. The van der Waals surface area contributed by atoms with Crippen molar-refractivity contribution in [2.24, 2.45) is 0 Å². The Kier molecular flexibility index (Phi) is 4.20. The zero-order valence-electron chi connectivity index (χ0n) is 12.2. The minimum Gasteiger partial charge on any atom is -0.283 e. The first-order valence-corrected chi connectivity index (χ1v) is 12.1. The summed E-state index contributed by atoms with van der Waals surface area (Å²) < 4.78 is 27.1. The van der Waals surface area contributed by atoms with Crippen molar-refractivity contribution < 1.29 is 8.42 Å². The van der Waals surface area contributed by atoms with Crippen LogP contribution < -0.4 is 4.72 Å². The van der Waals surface area contributed by atoms with E-state index in [-0.39, 0.29) is 5.75 Å². The monoisotopic (exact) mass is 307 g/mol. The Morgan fingerprint density at radius 1 is 1.00 bits per heavy atom. The maximum Gasteiger partial charge on any atom is 0.232 e. The van der Waals surface area contributed by atoms with Crippen LogP contribution in [0.5, 0.6) is 0 Å². The number of anilines is 1. The maximum atomic E-state index is 12.2. The van der Waals surface area contributed by atoms with Gasteiger partial charge in [-0.05, 0) is 17.5 Å². The van der Waals surface area contributed by atoms with Crippen LogP contribution in [0.2, 0.25) is 25.7 Å². The number of hydrogen-bond donors (Lipinski definition) is 1. The van der Waals surface area contributed by atoms with Gasteiger partial charge in [0.05, 0.1) is 11.4 Å². The van der Waals surface area contributed by atoms with Crippen molar-refractivity contribution in [3.63, 3.8) is 0 Å². The Morgan fingerprint density at radius 2 is 1.65 bits per heavy atom. The Hall–Kier alpha value is -1.33. The average Bonchev–Trinajstić information content (AvgIpc) is 2.36. The summed E-state index contributed by atoms with van der Waals surface area (Å²) in [5, 5.41) is 1.98. The molecule has 0 atom stereocenters. The maximum absolute atomic E-state index is 12.2. The molecule has 2 aromatic rings. The summed E-state index contributed by atoms with van der Waals surface area (Å²) in [6, 6.07) is 14.2. The fourth-order valence-corrected chi connectivity index (χ4v) is 6.11. The van der Waals surface area contributed by atoms with Crippen molar-refractivity contribution in [1.29, 1.82) is 0 Å². The van der Waals surface area contributed by atoms with Crippen LogP contribution in [-0.2, 0) is 10.0 Å². The van der Waals surface area contributed by atoms with Gasteiger partial charge in [0.25, 0.3) is 0 Å². The summed E-state index contributed by atoms with van der Waals surface area (Å²) in [5.74, 6) is 0.200. The van der Waals surface area contributed by atoms with Crippen LogP contribution in [-0.4, -0.2) is 22.2 Å². The van der Waals surface area contributed by atoms with Crippen LogP contribution in [0.15, 0.2) is 42.5 Å². The smallest absolute Gasteiger partial charge is 0.232 e. The second kappa shape index (κ2) is 5.58. The molecule has 0 saturated carbocycles. The van der Waals surface area contributed by atoms with E-state index in [9.17, 15) is 8.42 Å². The van der Waals surface area contributed by atoms with Gasteiger partial charge in [-0.25, -0.2) is 8.42 Å². The van der Waals surface area contributed by atoms with Gasteiger partial charge >= 0.3 is 0 Å². The molecule has 0 bridgehead atoms. The second-order valence-corrected chi connectivity index (χ2v) is 13.7. The van der Waals surface area contributed by atoms with E-state index >= 15 is 0 Å². The van der Waals surface area contributed by atoms with E-state index in [0.29, 0.717) is 5.69 Å². The van der Waals surface area contributed by atoms with Crippen molar-refractivity contribution in [1.82, 2.24) is 0 Å². The van der Waals surface area contributed by atoms with Crippen molar-refractivity contribution in [2.75, 3.05) is 10.5 Å². The Balaban J connectivity index is 2.24. The molecular formula is C15H21NO2SSi. The molecule has 0 aliphatic rings. The standard InChI is InChI=1S/C15H21NO2SSi/c1-20(2,3)12-11-19(17,18)16-15-10-6-8-13-7-4-5-9-14(13)15/h4-10,16H,11-12H2,1-3H3. The molecule has 1 N–H and O–H groups in total. The van der Waals surface area contributed by atoms with Gasteiger partial charge in [0, 0.05) is 13.5 Å². The minimum atomic E-state index is -3.27. The molecular weight excluding hydrogens is 286 g/mol. The third-order valence-corrected chi connectivity index (χ3v) is 6.56. The van der Waals surface area contributed by atoms with E-state index in [2.05, 4.69) is 24.4 Å². The molecule has 0 aliphatic carbocycles. The Bertz CT molecular complexity index is 700. The van der Waals surface area contributed by atoms with E-state index in [1.165, 1.54) is 0 Å². The largest absolute Gasteiger partial charge is 0.283 e. The first-order chi connectivity index (χ1) is 9.27. The number of fused-ring (bicyclic) bond motifs is 1. The highest BCUT2D eigenvalue weighted by Gasteiger charge is 2.19. The number of rotatable bonds is 5. The zero-order chi connectivity index (χ0) is 14.8. The van der Waals surface area contributed by atoms with Gasteiger partial charge in [0.1, 0.15) is 0 Å². The third-order valence-electron chi connectivity index (χ3n) is 3.18. The van der Waals surface area contributed by atoms with Crippen LogP contribution in [0.3, 0.4) is 0 Å². The quantitative estimate of drug-likeness (QED) is 0.851. The fraction of sp³-hybridized carbons (Fsp3) is 0.333. The summed E-state index contributed by atoms with van der Waals surface area (Å²) in [4.78, 5) is 0. The van der Waals surface area contributed by atoms with Crippen LogP contribution in [0.25, 0.3) is 10.8 Å². The number of benzene rings is 2. The van der Waals surface area contributed by atoms with Crippen LogP contribution >= 0.6 is 0 Å². The summed E-state index contributed by atoms with van der Waals surface area (Å²) in [7, 11) is -4.63. The molecule has 2 aromatic carbocycles. The minimum absolute atomic E-state index is 0.200. The topological polar surface area (TPSA) is 46.2 Å². The highest BCUT2D eigenvalue weighted by atomic mass is 32.2. The van der Waals surface area contributed by atoms with Crippen molar-refractivity contribution in [3.8, 4) is 0 Å². The summed E-state index contributed by atoms with van der Waals surface area (Å²) in [6.07, 6.45) is 0. The predicted octanol–water partition coefficient (Wildman–Crippen LogP) is 3.92. The molecule has 0 saturated heterocycles. The SMILES string of the molecule is C[Si](C)(C)CCS(=O)(=O)Nc1cccc2ccccc12. The molecule has 0 amide bonds. The van der Waals surface area contributed by atoms with Gasteiger partial charge in [-0.3, -0.25) is 4.72 Å². The molecule has 20 heavy (non-hydrogen) atoms. The lowest BCUT2D eigenvalue weighted by molar-refractivity contribution is 0.602. The van der Waals surface area contributed by atoms with E-state index in [4.69, 9.17) is 0 Å². The molecule has 0 radical (unpaired) electrons. The lowest BCUT2D eigenvalue weighted by Crippen LogP contribution is -2.26. The van der Waals surface area contributed by atoms with Gasteiger partial charge in [-0.1, -0.05) is 56.0 Å². The van der Waals surface area contributed by atoms with Crippen LogP contribution in [0.1, 0.15) is 0 Å². The molecule has 2 rings (SSSR count). The molecule has 0 aliphatic heterocycles. The predicted molar refractivity (Wildman–Crippen MR) is 89.5 cm³/mol. The molecule has 5 heteroatoms. The summed E-state index contributed by atoms with van der Waals surface area (Å²) in [5.41, 5.74) is 0.665. The average molecular weight is 307 g/mol. The Labute approximate surface area is 122 Å². The normalized spacial score (nSPS) is 12.6. The van der Waals surface area contributed by atoms with Crippen LogP contribution in [0.4, 0.5) is 5.69 Å². The van der Waals surface area contributed by atoms with Gasteiger partial charge < -0.3 is 0 Å². The van der Waals surface area contributed by atoms with E-state index in [0.717, 1.165) is 16.8 Å². The van der Waals surface area contributed by atoms with Gasteiger partial charge in [0.2, 0.25) is 10.0 Å². The molecule has 0 spiro atoms. The second-order valence-electron chi connectivity index (χ2n) is 6.26. The summed E-state index contributed by atoms with van der Waals surface area (Å²) in [6.45, 7) is 6.54. The molecule has 0 unspecified atom stereocenters. The molecule has 0 fully saturated rings. The first kappa shape index (κ1) is 15.1. The molecule has 0 heterocycles. The van der Waals surface area contributed by atoms with Gasteiger partial charge in [-0.15, -0.1) is 0 Å². The highest BCUT2D eigenvalue weighted by Crippen LogP contribution is 2.24. The Morgan fingerprint density at radius 3 is 2.35 bits per heavy atom. The first-order valence-electron chi connectivity index (χ1n) is 6.75. The van der Waals surface area contributed by atoms with E-state index in [1.807, 2.05) is 42.5 Å². The van der Waals surface area contributed by atoms with Crippen molar-refractivity contribution in [3.05, 3.63) is 42.5 Å². The number of hydrogen-bond acceptors (Lipinski definition) is 2. The zero-order valence-corrected chi connectivity index (χ0v) is 14.0. The third kappa shape index (κ3) is 4.08. The van der Waals surface area contributed by atoms with Crippen molar-refractivity contribution in [2.45, 2.75) is 25.7 Å². The van der Waals surface area contributed by atoms with Crippen molar-refractivity contribution >= 4 is 34.6 Å². The number of nitrogens with one attached hydrogen (secondary N) is 1. The molecule has 3 nitrogen and oxygen atoms in total.